The zero-order valence-corrected chi connectivity index (χ0v) is 19.3. The van der Waals surface area contributed by atoms with Gasteiger partial charge in [-0.15, -0.1) is 0 Å². The van der Waals surface area contributed by atoms with Crippen LogP contribution in [0.2, 0.25) is 0 Å². The summed E-state index contributed by atoms with van der Waals surface area (Å²) >= 11 is 0. The lowest BCUT2D eigenvalue weighted by Gasteiger charge is -2.23. The number of rotatable bonds is 10. The maximum atomic E-state index is 12.3. The van der Waals surface area contributed by atoms with Crippen LogP contribution in [0.15, 0.2) is 42.5 Å². The number of ether oxygens (including phenoxy) is 1. The highest BCUT2D eigenvalue weighted by Crippen LogP contribution is 2.22. The minimum Gasteiger partial charge on any atom is -0.491 e. The SMILES string of the molecule is Cc1cc(C)cc(N(CCCC(=O)N[C@H](C)COc2ccccc2C)S(C)(=O)=O)c1. The molecule has 6 nitrogen and oxygen atoms in total. The molecule has 0 bridgehead atoms. The van der Waals surface area contributed by atoms with Crippen molar-refractivity contribution in [2.45, 2.75) is 46.6 Å². The van der Waals surface area contributed by atoms with Crippen LogP contribution < -0.4 is 14.4 Å². The molecule has 0 radical (unpaired) electrons. The maximum Gasteiger partial charge on any atom is 0.232 e. The highest BCUT2D eigenvalue weighted by molar-refractivity contribution is 7.92. The predicted octanol–water partition coefficient (Wildman–Crippen LogP) is 3.74. The van der Waals surface area contributed by atoms with Gasteiger partial charge in [-0.3, -0.25) is 9.10 Å². The Morgan fingerprint density at radius 2 is 1.73 bits per heavy atom. The summed E-state index contributed by atoms with van der Waals surface area (Å²) in [5.41, 5.74) is 3.68. The Balaban J connectivity index is 1.86. The molecular formula is C23H32N2O4S. The first-order chi connectivity index (χ1) is 14.1. The van der Waals surface area contributed by atoms with Gasteiger partial charge < -0.3 is 10.1 Å². The van der Waals surface area contributed by atoms with Crippen LogP contribution in [0.3, 0.4) is 0 Å². The minimum atomic E-state index is -3.43. The lowest BCUT2D eigenvalue weighted by molar-refractivity contribution is -0.121. The highest BCUT2D eigenvalue weighted by atomic mass is 32.2. The Kier molecular flexibility index (Phi) is 8.29. The van der Waals surface area contributed by atoms with Crippen LogP contribution >= 0.6 is 0 Å². The largest absolute Gasteiger partial charge is 0.491 e. The number of nitrogens with one attached hydrogen (secondary N) is 1. The third kappa shape index (κ3) is 7.37. The van der Waals surface area contributed by atoms with E-state index in [1.165, 1.54) is 10.6 Å². The van der Waals surface area contributed by atoms with Crippen molar-refractivity contribution in [3.05, 3.63) is 59.2 Å². The van der Waals surface area contributed by atoms with Crippen molar-refractivity contribution >= 4 is 21.6 Å². The fourth-order valence-electron chi connectivity index (χ4n) is 3.29. The first kappa shape index (κ1) is 23.7. The van der Waals surface area contributed by atoms with E-state index in [4.69, 9.17) is 4.74 Å². The number of sulfonamides is 1. The summed E-state index contributed by atoms with van der Waals surface area (Å²) in [4.78, 5) is 12.3. The highest BCUT2D eigenvalue weighted by Gasteiger charge is 2.18. The van der Waals surface area contributed by atoms with E-state index in [0.29, 0.717) is 18.7 Å². The van der Waals surface area contributed by atoms with Gasteiger partial charge in [-0.1, -0.05) is 24.3 Å². The van der Waals surface area contributed by atoms with Crippen LogP contribution in [-0.4, -0.2) is 39.8 Å². The number of aryl methyl sites for hydroxylation is 3. The lowest BCUT2D eigenvalue weighted by atomic mass is 10.1. The van der Waals surface area contributed by atoms with Crippen LogP contribution in [0, 0.1) is 20.8 Å². The predicted molar refractivity (Wildman–Crippen MR) is 122 cm³/mol. The van der Waals surface area contributed by atoms with Gasteiger partial charge in [-0.05, 0) is 69.0 Å². The number of nitrogens with zero attached hydrogens (tertiary/aromatic N) is 1. The van der Waals surface area contributed by atoms with Gasteiger partial charge in [0, 0.05) is 13.0 Å². The van der Waals surface area contributed by atoms with E-state index < -0.39 is 10.0 Å². The van der Waals surface area contributed by atoms with Gasteiger partial charge in [-0.2, -0.15) is 0 Å². The molecule has 2 aromatic rings. The number of carbonyl (C=O) groups excluding carboxylic acids is 1. The van der Waals surface area contributed by atoms with E-state index in [0.717, 1.165) is 22.4 Å². The lowest BCUT2D eigenvalue weighted by Crippen LogP contribution is -2.37. The number of amides is 1. The van der Waals surface area contributed by atoms with Gasteiger partial charge in [0.2, 0.25) is 15.9 Å². The molecule has 1 N–H and O–H groups in total. The topological polar surface area (TPSA) is 75.7 Å². The second kappa shape index (κ2) is 10.5. The summed E-state index contributed by atoms with van der Waals surface area (Å²) in [6.45, 7) is 8.35. The molecular weight excluding hydrogens is 400 g/mol. The van der Waals surface area contributed by atoms with Gasteiger partial charge in [0.15, 0.2) is 0 Å². The fourth-order valence-corrected chi connectivity index (χ4v) is 4.24. The van der Waals surface area contributed by atoms with Gasteiger partial charge in [0.05, 0.1) is 18.0 Å². The summed E-state index contributed by atoms with van der Waals surface area (Å²) in [6.07, 6.45) is 1.86. The smallest absolute Gasteiger partial charge is 0.232 e. The van der Waals surface area contributed by atoms with Crippen molar-refractivity contribution in [1.82, 2.24) is 5.32 Å². The Labute approximate surface area is 180 Å². The minimum absolute atomic E-state index is 0.121. The third-order valence-electron chi connectivity index (χ3n) is 4.65. The number of carbonyl (C=O) groups is 1. The molecule has 0 aliphatic rings. The van der Waals surface area contributed by atoms with Crippen molar-refractivity contribution in [1.29, 1.82) is 0 Å². The summed E-state index contributed by atoms with van der Waals surface area (Å²) in [5.74, 6) is 0.681. The van der Waals surface area contributed by atoms with E-state index in [-0.39, 0.29) is 24.9 Å². The molecule has 0 saturated heterocycles. The van der Waals surface area contributed by atoms with Gasteiger partial charge >= 0.3 is 0 Å². The number of anilines is 1. The molecule has 30 heavy (non-hydrogen) atoms. The van der Waals surface area contributed by atoms with Crippen molar-refractivity contribution in [2.24, 2.45) is 0 Å². The molecule has 2 rings (SSSR count). The van der Waals surface area contributed by atoms with Crippen molar-refractivity contribution in [2.75, 3.05) is 23.7 Å². The van der Waals surface area contributed by atoms with E-state index in [9.17, 15) is 13.2 Å². The Morgan fingerprint density at radius 1 is 1.10 bits per heavy atom. The fraction of sp³-hybridized carbons (Fsp3) is 0.435. The molecule has 0 aromatic heterocycles. The molecule has 0 fully saturated rings. The van der Waals surface area contributed by atoms with E-state index in [1.54, 1.807) is 0 Å². The molecule has 1 atom stereocenters. The molecule has 0 spiro atoms. The monoisotopic (exact) mass is 432 g/mol. The van der Waals surface area contributed by atoms with Crippen LogP contribution in [0.1, 0.15) is 36.5 Å². The summed E-state index contributed by atoms with van der Waals surface area (Å²) in [7, 11) is -3.43. The Morgan fingerprint density at radius 3 is 2.33 bits per heavy atom. The average Bonchev–Trinajstić information content (AvgIpc) is 2.62. The second-order valence-corrected chi connectivity index (χ2v) is 9.74. The van der Waals surface area contributed by atoms with Crippen LogP contribution in [0.4, 0.5) is 5.69 Å². The molecule has 0 heterocycles. The third-order valence-corrected chi connectivity index (χ3v) is 5.84. The van der Waals surface area contributed by atoms with Crippen molar-refractivity contribution in [3.8, 4) is 5.75 Å². The number of para-hydroxylation sites is 1. The standard InChI is InChI=1S/C23H32N2O4S/c1-17-13-18(2)15-21(14-17)25(30(5,27)28)12-8-11-23(26)24-20(4)16-29-22-10-7-6-9-19(22)3/h6-7,9-10,13-15,20H,8,11-12,16H2,1-5H3,(H,24,26)/t20-/m1/s1. The molecule has 2 aromatic carbocycles. The number of benzene rings is 2. The van der Waals surface area contributed by atoms with Gasteiger partial charge in [0.1, 0.15) is 12.4 Å². The van der Waals surface area contributed by atoms with Gasteiger partial charge in [0.25, 0.3) is 0 Å². The number of hydrogen-bond acceptors (Lipinski definition) is 4. The van der Waals surface area contributed by atoms with Crippen LogP contribution in [-0.2, 0) is 14.8 Å². The molecule has 164 valence electrons. The van der Waals surface area contributed by atoms with Crippen LogP contribution in [0.25, 0.3) is 0 Å². The average molecular weight is 433 g/mol. The van der Waals surface area contributed by atoms with E-state index >= 15 is 0 Å². The van der Waals surface area contributed by atoms with E-state index in [1.807, 2.05) is 70.2 Å². The zero-order chi connectivity index (χ0) is 22.3. The first-order valence-electron chi connectivity index (χ1n) is 10.1. The Bertz CT molecular complexity index is 953. The Hall–Kier alpha value is -2.54. The second-order valence-electron chi connectivity index (χ2n) is 7.83. The first-order valence-corrected chi connectivity index (χ1v) is 11.9. The summed E-state index contributed by atoms with van der Waals surface area (Å²) in [6, 6.07) is 13.3. The normalized spacial score (nSPS) is 12.3. The molecule has 0 aliphatic carbocycles. The van der Waals surface area contributed by atoms with Crippen molar-refractivity contribution in [3.63, 3.8) is 0 Å². The molecule has 7 heteroatoms. The summed E-state index contributed by atoms with van der Waals surface area (Å²) < 4.78 is 31.7. The quantitative estimate of drug-likeness (QED) is 0.621. The molecule has 0 saturated carbocycles. The van der Waals surface area contributed by atoms with Crippen LogP contribution in [0.5, 0.6) is 5.75 Å². The zero-order valence-electron chi connectivity index (χ0n) is 18.4. The summed E-state index contributed by atoms with van der Waals surface area (Å²) in [5, 5.41) is 2.91. The molecule has 0 unspecified atom stereocenters. The maximum absolute atomic E-state index is 12.3. The number of hydrogen-bond donors (Lipinski definition) is 1. The van der Waals surface area contributed by atoms with E-state index in [2.05, 4.69) is 5.32 Å². The van der Waals surface area contributed by atoms with Gasteiger partial charge in [-0.25, -0.2) is 8.42 Å². The molecule has 0 aliphatic heterocycles. The van der Waals surface area contributed by atoms with Crippen molar-refractivity contribution < 1.29 is 17.9 Å². The molecule has 1 amide bonds.